The molecular weight excluding hydrogens is 661 g/mol. The first-order chi connectivity index (χ1) is 23.4. The van der Waals surface area contributed by atoms with E-state index in [1.165, 1.54) is 28.6 Å². The van der Waals surface area contributed by atoms with Crippen LogP contribution in [-0.4, -0.2) is 66.5 Å². The van der Waals surface area contributed by atoms with Gasteiger partial charge in [0.25, 0.3) is 11.8 Å². The van der Waals surface area contributed by atoms with E-state index in [4.69, 9.17) is 4.74 Å². The lowest BCUT2D eigenvalue weighted by Crippen LogP contribution is -2.37. The van der Waals surface area contributed by atoms with Crippen LogP contribution in [0.25, 0.3) is 0 Å². The number of halogens is 3. The number of nitrogens with zero attached hydrogens (tertiary/aromatic N) is 3. The summed E-state index contributed by atoms with van der Waals surface area (Å²) in [6, 6.07) is 23.0. The molecular formula is C35H33F3N4O6S. The Balaban J connectivity index is 1.05. The first kappa shape index (κ1) is 33.9. The number of hydrogen-bond acceptors (Lipinski definition) is 7. The van der Waals surface area contributed by atoms with Crippen molar-refractivity contribution in [3.05, 3.63) is 120 Å². The summed E-state index contributed by atoms with van der Waals surface area (Å²) in [4.78, 5) is 32.0. The Labute approximate surface area is 281 Å². The van der Waals surface area contributed by atoms with Crippen molar-refractivity contribution in [1.29, 1.82) is 0 Å². The topological polar surface area (TPSA) is 118 Å². The number of pyridine rings is 1. The fourth-order valence-corrected chi connectivity index (χ4v) is 7.41. The van der Waals surface area contributed by atoms with Crippen LogP contribution in [-0.2, 0) is 23.1 Å². The molecule has 1 aromatic heterocycles. The minimum absolute atomic E-state index is 0.0420. The molecule has 1 N–H and O–H groups in total. The molecule has 2 amide bonds. The Bertz CT molecular complexity index is 1880. The zero-order valence-electron chi connectivity index (χ0n) is 26.3. The maximum Gasteiger partial charge on any atom is 0.573 e. The average molecular weight is 695 g/mol. The van der Waals surface area contributed by atoms with Crippen molar-refractivity contribution >= 4 is 21.8 Å². The SMILES string of the molecule is CCOc1ccc(S(=O)(=O)N(Cc2ccc(C(=O)N[C@@H]3[C@@H]4CN(C(=O)c5ccc(OC(F)(F)F)cc5)C[C@@H]43)cc2)Cc2ccccn2)cc1. The van der Waals surface area contributed by atoms with Gasteiger partial charge in [0.1, 0.15) is 11.5 Å². The van der Waals surface area contributed by atoms with Gasteiger partial charge in [0.05, 0.1) is 23.7 Å². The van der Waals surface area contributed by atoms with Gasteiger partial charge in [0, 0.05) is 54.8 Å². The second kappa shape index (κ2) is 13.9. The maximum atomic E-state index is 13.7. The Morgan fingerprint density at radius 3 is 2.10 bits per heavy atom. The number of aromatic nitrogens is 1. The summed E-state index contributed by atoms with van der Waals surface area (Å²) in [7, 11) is -3.93. The summed E-state index contributed by atoms with van der Waals surface area (Å²) in [6.07, 6.45) is -3.21. The molecule has 1 saturated carbocycles. The van der Waals surface area contributed by atoms with Crippen molar-refractivity contribution in [3.8, 4) is 11.5 Å². The molecule has 3 aromatic carbocycles. The molecule has 6 rings (SSSR count). The summed E-state index contributed by atoms with van der Waals surface area (Å²) in [5, 5.41) is 3.03. The molecule has 0 radical (unpaired) electrons. The van der Waals surface area contributed by atoms with E-state index in [0.29, 0.717) is 42.3 Å². The van der Waals surface area contributed by atoms with Gasteiger partial charge >= 0.3 is 6.36 Å². The quantitative estimate of drug-likeness (QED) is 0.215. The highest BCUT2D eigenvalue weighted by atomic mass is 32.2. The van der Waals surface area contributed by atoms with E-state index in [9.17, 15) is 31.2 Å². The first-order valence-corrected chi connectivity index (χ1v) is 17.0. The predicted octanol–water partition coefficient (Wildman–Crippen LogP) is 5.27. The molecule has 0 unspecified atom stereocenters. The smallest absolute Gasteiger partial charge is 0.494 e. The van der Waals surface area contributed by atoms with Crippen LogP contribution < -0.4 is 14.8 Å². The lowest BCUT2D eigenvalue weighted by Gasteiger charge is -2.22. The summed E-state index contributed by atoms with van der Waals surface area (Å²) < 4.78 is 75.4. The molecule has 10 nitrogen and oxygen atoms in total. The Hall–Kier alpha value is -4.95. The summed E-state index contributed by atoms with van der Waals surface area (Å²) in [5.74, 6) is -0.260. The molecule has 49 heavy (non-hydrogen) atoms. The fraction of sp³-hybridized carbons (Fsp3) is 0.286. The second-order valence-electron chi connectivity index (χ2n) is 11.8. The number of fused-ring (bicyclic) bond motifs is 1. The number of alkyl halides is 3. The van der Waals surface area contributed by atoms with Crippen LogP contribution in [0.1, 0.15) is 38.9 Å². The first-order valence-electron chi connectivity index (χ1n) is 15.6. The molecule has 256 valence electrons. The minimum Gasteiger partial charge on any atom is -0.494 e. The van der Waals surface area contributed by atoms with Gasteiger partial charge in [-0.15, -0.1) is 13.2 Å². The van der Waals surface area contributed by atoms with Crippen LogP contribution in [0.4, 0.5) is 13.2 Å². The lowest BCUT2D eigenvalue weighted by molar-refractivity contribution is -0.274. The highest BCUT2D eigenvalue weighted by molar-refractivity contribution is 7.89. The second-order valence-corrected chi connectivity index (χ2v) is 13.7. The Morgan fingerprint density at radius 2 is 1.51 bits per heavy atom. The van der Waals surface area contributed by atoms with Crippen molar-refractivity contribution in [2.75, 3.05) is 19.7 Å². The summed E-state index contributed by atoms with van der Waals surface area (Å²) >= 11 is 0. The molecule has 2 aliphatic rings. The van der Waals surface area contributed by atoms with E-state index in [1.807, 2.05) is 6.92 Å². The predicted molar refractivity (Wildman–Crippen MR) is 172 cm³/mol. The van der Waals surface area contributed by atoms with E-state index >= 15 is 0 Å². The largest absolute Gasteiger partial charge is 0.573 e. The van der Waals surface area contributed by atoms with Gasteiger partial charge in [-0.3, -0.25) is 14.6 Å². The van der Waals surface area contributed by atoms with Crippen LogP contribution in [0.5, 0.6) is 11.5 Å². The number of ether oxygens (including phenoxy) is 2. The molecule has 2 fully saturated rings. The number of nitrogens with one attached hydrogen (secondary N) is 1. The number of sulfonamides is 1. The van der Waals surface area contributed by atoms with Gasteiger partial charge in [-0.05, 0) is 85.3 Å². The molecule has 0 bridgehead atoms. The van der Waals surface area contributed by atoms with Gasteiger partial charge < -0.3 is 19.7 Å². The van der Waals surface area contributed by atoms with Gasteiger partial charge in [0.15, 0.2) is 0 Å². The molecule has 1 aliphatic heterocycles. The molecule has 0 spiro atoms. The van der Waals surface area contributed by atoms with E-state index in [1.54, 1.807) is 65.7 Å². The van der Waals surface area contributed by atoms with Gasteiger partial charge in [-0.1, -0.05) is 18.2 Å². The molecule has 4 aromatic rings. The zero-order chi connectivity index (χ0) is 34.8. The Kier molecular flexibility index (Phi) is 9.61. The van der Waals surface area contributed by atoms with E-state index in [2.05, 4.69) is 15.0 Å². The normalized spacial score (nSPS) is 18.6. The number of likely N-dealkylation sites (tertiary alicyclic amines) is 1. The maximum absolute atomic E-state index is 13.7. The Morgan fingerprint density at radius 1 is 0.878 bits per heavy atom. The summed E-state index contributed by atoms with van der Waals surface area (Å²) in [5.41, 5.74) is 1.92. The zero-order valence-corrected chi connectivity index (χ0v) is 27.2. The molecule has 14 heteroatoms. The fourth-order valence-electron chi connectivity index (χ4n) is 6.01. The van der Waals surface area contributed by atoms with Crippen LogP contribution >= 0.6 is 0 Å². The van der Waals surface area contributed by atoms with Gasteiger partial charge in [-0.25, -0.2) is 8.42 Å². The van der Waals surface area contributed by atoms with Crippen LogP contribution in [0, 0.1) is 11.8 Å². The van der Waals surface area contributed by atoms with Crippen molar-refractivity contribution in [2.24, 2.45) is 11.8 Å². The van der Waals surface area contributed by atoms with Gasteiger partial charge in [-0.2, -0.15) is 4.31 Å². The van der Waals surface area contributed by atoms with E-state index in [0.717, 1.165) is 12.1 Å². The molecule has 3 atom stereocenters. The number of carbonyl (C=O) groups excluding carboxylic acids is 2. The number of carbonyl (C=O) groups is 2. The molecule has 1 saturated heterocycles. The van der Waals surface area contributed by atoms with E-state index in [-0.39, 0.29) is 53.2 Å². The van der Waals surface area contributed by atoms with Crippen molar-refractivity contribution in [2.45, 2.75) is 37.3 Å². The third-order valence-electron chi connectivity index (χ3n) is 8.53. The highest BCUT2D eigenvalue weighted by Gasteiger charge is 2.57. The van der Waals surface area contributed by atoms with Gasteiger partial charge in [0.2, 0.25) is 10.0 Å². The standard InChI is InChI=1S/C35H33F3N4O6S/c1-2-47-27-14-16-29(17-15-27)49(45,46)42(20-26-5-3-4-18-39-26)19-23-6-8-24(9-7-23)33(43)40-32-30-21-41(22-31(30)32)34(44)25-10-12-28(13-11-25)48-35(36,37)38/h3-18,30-32H,2,19-22H2,1H3,(H,40,43)/t30-,31+,32-. The lowest BCUT2D eigenvalue weighted by atomic mass is 10.1. The number of rotatable bonds is 12. The third-order valence-corrected chi connectivity index (χ3v) is 10.3. The summed E-state index contributed by atoms with van der Waals surface area (Å²) in [6.45, 7) is 3.23. The average Bonchev–Trinajstić information content (AvgIpc) is 3.50. The van der Waals surface area contributed by atoms with Crippen molar-refractivity contribution in [1.82, 2.24) is 19.5 Å². The molecule has 2 heterocycles. The van der Waals surface area contributed by atoms with E-state index < -0.39 is 22.1 Å². The van der Waals surface area contributed by atoms with Crippen molar-refractivity contribution in [3.63, 3.8) is 0 Å². The number of benzene rings is 3. The third kappa shape index (κ3) is 8.03. The van der Waals surface area contributed by atoms with Crippen molar-refractivity contribution < 1.29 is 40.7 Å². The van der Waals surface area contributed by atoms with Crippen LogP contribution in [0.2, 0.25) is 0 Å². The minimum atomic E-state index is -4.81. The molecule has 1 aliphatic carbocycles. The van der Waals surface area contributed by atoms with Crippen LogP contribution in [0.3, 0.4) is 0 Å². The monoisotopic (exact) mass is 694 g/mol. The number of hydrogen-bond donors (Lipinski definition) is 1. The van der Waals surface area contributed by atoms with Crippen LogP contribution in [0.15, 0.2) is 102 Å². The number of piperidine rings is 1. The number of amides is 2. The highest BCUT2D eigenvalue weighted by Crippen LogP contribution is 2.46.